The lowest BCUT2D eigenvalue weighted by Crippen LogP contribution is -2.12. The zero-order valence-corrected chi connectivity index (χ0v) is 9.68. The van der Waals surface area contributed by atoms with Gasteiger partial charge in [0.25, 0.3) is 0 Å². The van der Waals surface area contributed by atoms with Gasteiger partial charge in [-0.3, -0.25) is 4.79 Å². The molecule has 0 fully saturated rings. The molecule has 2 N–H and O–H groups in total. The molecule has 0 saturated heterocycles. The fraction of sp³-hybridized carbons (Fsp3) is 0.417. The van der Waals surface area contributed by atoms with Gasteiger partial charge in [0, 0.05) is 13.0 Å². The summed E-state index contributed by atoms with van der Waals surface area (Å²) in [5, 5.41) is 20.3. The van der Waals surface area contributed by atoms with Crippen molar-refractivity contribution in [2.45, 2.75) is 19.8 Å². The van der Waals surface area contributed by atoms with Crippen LogP contribution in [-0.2, 0) is 4.79 Å². The van der Waals surface area contributed by atoms with Crippen molar-refractivity contribution in [2.75, 3.05) is 11.9 Å². The van der Waals surface area contributed by atoms with E-state index in [2.05, 4.69) is 10.3 Å². The van der Waals surface area contributed by atoms with E-state index in [0.717, 1.165) is 5.69 Å². The molecule has 0 aliphatic rings. The SMILES string of the molecule is CC(CCC(=O)O)CNc1ccc(C#N)nc1. The Morgan fingerprint density at radius 3 is 2.94 bits per heavy atom. The first-order valence-electron chi connectivity index (χ1n) is 5.43. The fourth-order valence-corrected chi connectivity index (χ4v) is 1.33. The lowest BCUT2D eigenvalue weighted by molar-refractivity contribution is -0.137. The van der Waals surface area contributed by atoms with Crippen molar-refractivity contribution in [3.63, 3.8) is 0 Å². The number of carbonyl (C=O) groups is 1. The topological polar surface area (TPSA) is 86.0 Å². The number of nitrogens with zero attached hydrogens (tertiary/aromatic N) is 2. The Balaban J connectivity index is 2.34. The summed E-state index contributed by atoms with van der Waals surface area (Å²) in [4.78, 5) is 14.3. The maximum absolute atomic E-state index is 10.4. The summed E-state index contributed by atoms with van der Waals surface area (Å²) in [6.07, 6.45) is 2.43. The molecule has 17 heavy (non-hydrogen) atoms. The van der Waals surface area contributed by atoms with Gasteiger partial charge in [-0.05, 0) is 24.5 Å². The molecule has 90 valence electrons. The Hall–Kier alpha value is -2.09. The highest BCUT2D eigenvalue weighted by molar-refractivity contribution is 5.66. The number of hydrogen-bond donors (Lipinski definition) is 2. The van der Waals surface area contributed by atoms with Crippen LogP contribution in [0.3, 0.4) is 0 Å². The molecule has 1 unspecified atom stereocenters. The molecule has 5 nitrogen and oxygen atoms in total. The Bertz CT molecular complexity index is 409. The van der Waals surface area contributed by atoms with E-state index in [1.165, 1.54) is 0 Å². The van der Waals surface area contributed by atoms with Crippen LogP contribution >= 0.6 is 0 Å². The number of carboxylic acid groups (broad SMARTS) is 1. The van der Waals surface area contributed by atoms with Gasteiger partial charge in [0.15, 0.2) is 0 Å². The average Bonchev–Trinajstić information content (AvgIpc) is 2.34. The van der Waals surface area contributed by atoms with Crippen molar-refractivity contribution in [1.29, 1.82) is 5.26 Å². The first-order chi connectivity index (χ1) is 8.11. The van der Waals surface area contributed by atoms with Crippen LogP contribution in [0.4, 0.5) is 5.69 Å². The first-order valence-corrected chi connectivity index (χ1v) is 5.43. The second-order valence-corrected chi connectivity index (χ2v) is 3.96. The second-order valence-electron chi connectivity index (χ2n) is 3.96. The highest BCUT2D eigenvalue weighted by Gasteiger charge is 2.05. The van der Waals surface area contributed by atoms with Gasteiger partial charge in [-0.1, -0.05) is 6.92 Å². The lowest BCUT2D eigenvalue weighted by atomic mass is 10.1. The molecule has 0 aliphatic heterocycles. The van der Waals surface area contributed by atoms with Crippen molar-refractivity contribution < 1.29 is 9.90 Å². The predicted molar refractivity (Wildman–Crippen MR) is 63.5 cm³/mol. The zero-order valence-electron chi connectivity index (χ0n) is 9.68. The molecular weight excluding hydrogens is 218 g/mol. The molecule has 5 heteroatoms. The summed E-state index contributed by atoms with van der Waals surface area (Å²) >= 11 is 0. The number of nitrogens with one attached hydrogen (secondary N) is 1. The minimum Gasteiger partial charge on any atom is -0.481 e. The number of rotatable bonds is 6. The number of carboxylic acids is 1. The molecule has 1 aromatic heterocycles. The first kappa shape index (κ1) is 13.0. The Morgan fingerprint density at radius 2 is 2.41 bits per heavy atom. The second kappa shape index (κ2) is 6.48. The van der Waals surface area contributed by atoms with Crippen molar-refractivity contribution in [1.82, 2.24) is 4.98 Å². The molecule has 1 aromatic rings. The van der Waals surface area contributed by atoms with Gasteiger partial charge < -0.3 is 10.4 Å². The lowest BCUT2D eigenvalue weighted by Gasteiger charge is -2.12. The molecule has 1 heterocycles. The van der Waals surface area contributed by atoms with Crippen LogP contribution in [0.2, 0.25) is 0 Å². The van der Waals surface area contributed by atoms with E-state index in [1.807, 2.05) is 13.0 Å². The molecule has 0 bridgehead atoms. The summed E-state index contributed by atoms with van der Waals surface area (Å²) in [6.45, 7) is 2.69. The summed E-state index contributed by atoms with van der Waals surface area (Å²) in [5.41, 5.74) is 1.22. The molecule has 0 aromatic carbocycles. The van der Waals surface area contributed by atoms with Crippen LogP contribution < -0.4 is 5.32 Å². The maximum atomic E-state index is 10.4. The van der Waals surface area contributed by atoms with E-state index in [0.29, 0.717) is 18.7 Å². The highest BCUT2D eigenvalue weighted by Crippen LogP contribution is 2.09. The van der Waals surface area contributed by atoms with Crippen molar-refractivity contribution >= 4 is 11.7 Å². The number of aliphatic carboxylic acids is 1. The van der Waals surface area contributed by atoms with Gasteiger partial charge in [0.05, 0.1) is 11.9 Å². The Labute approximate surface area is 100 Å². The van der Waals surface area contributed by atoms with Gasteiger partial charge in [-0.25, -0.2) is 4.98 Å². The molecular formula is C12H15N3O2. The van der Waals surface area contributed by atoms with Gasteiger partial charge in [0.2, 0.25) is 0 Å². The van der Waals surface area contributed by atoms with E-state index >= 15 is 0 Å². The Kier molecular flexibility index (Phi) is 4.95. The fourth-order valence-electron chi connectivity index (χ4n) is 1.33. The van der Waals surface area contributed by atoms with Crippen LogP contribution in [0.5, 0.6) is 0 Å². The molecule has 0 aliphatic carbocycles. The largest absolute Gasteiger partial charge is 0.481 e. The molecule has 1 atom stereocenters. The zero-order chi connectivity index (χ0) is 12.7. The minimum absolute atomic E-state index is 0.189. The third-order valence-electron chi connectivity index (χ3n) is 2.38. The smallest absolute Gasteiger partial charge is 0.303 e. The van der Waals surface area contributed by atoms with Crippen LogP contribution in [0, 0.1) is 17.2 Å². The van der Waals surface area contributed by atoms with E-state index in [9.17, 15) is 4.79 Å². The Morgan fingerprint density at radius 1 is 1.65 bits per heavy atom. The van der Waals surface area contributed by atoms with Crippen LogP contribution in [0.1, 0.15) is 25.5 Å². The summed E-state index contributed by atoms with van der Waals surface area (Å²) in [7, 11) is 0. The monoisotopic (exact) mass is 233 g/mol. The van der Waals surface area contributed by atoms with Crippen molar-refractivity contribution in [2.24, 2.45) is 5.92 Å². The van der Waals surface area contributed by atoms with Gasteiger partial charge in [-0.15, -0.1) is 0 Å². The number of hydrogen-bond acceptors (Lipinski definition) is 4. The van der Waals surface area contributed by atoms with Crippen LogP contribution in [0.25, 0.3) is 0 Å². The summed E-state index contributed by atoms with van der Waals surface area (Å²) in [5.74, 6) is -0.487. The highest BCUT2D eigenvalue weighted by atomic mass is 16.4. The molecule has 0 saturated carbocycles. The number of pyridine rings is 1. The van der Waals surface area contributed by atoms with Crippen LogP contribution in [-0.4, -0.2) is 22.6 Å². The third-order valence-corrected chi connectivity index (χ3v) is 2.38. The van der Waals surface area contributed by atoms with E-state index in [1.54, 1.807) is 18.3 Å². The maximum Gasteiger partial charge on any atom is 0.303 e. The van der Waals surface area contributed by atoms with Gasteiger partial charge in [-0.2, -0.15) is 5.26 Å². The standard InChI is InChI=1S/C12H15N3O2/c1-9(2-5-12(16)17)7-14-11-4-3-10(6-13)15-8-11/h3-4,8-9,14H,2,5,7H2,1H3,(H,16,17). The van der Waals surface area contributed by atoms with Crippen molar-refractivity contribution in [3.05, 3.63) is 24.0 Å². The quantitative estimate of drug-likeness (QED) is 0.783. The van der Waals surface area contributed by atoms with E-state index < -0.39 is 5.97 Å². The molecule has 0 amide bonds. The molecule has 0 spiro atoms. The van der Waals surface area contributed by atoms with Crippen LogP contribution in [0.15, 0.2) is 18.3 Å². The number of nitriles is 1. The van der Waals surface area contributed by atoms with Crippen molar-refractivity contribution in [3.8, 4) is 6.07 Å². The van der Waals surface area contributed by atoms with E-state index in [-0.39, 0.29) is 12.3 Å². The molecule has 1 rings (SSSR count). The average molecular weight is 233 g/mol. The van der Waals surface area contributed by atoms with E-state index in [4.69, 9.17) is 10.4 Å². The third kappa shape index (κ3) is 4.98. The number of aromatic nitrogens is 1. The normalized spacial score (nSPS) is 11.5. The van der Waals surface area contributed by atoms with Gasteiger partial charge >= 0.3 is 5.97 Å². The number of anilines is 1. The predicted octanol–water partition coefficient (Wildman–Crippen LogP) is 1.87. The molecule has 0 radical (unpaired) electrons. The summed E-state index contributed by atoms with van der Waals surface area (Å²) in [6, 6.07) is 5.38. The minimum atomic E-state index is -0.767. The summed E-state index contributed by atoms with van der Waals surface area (Å²) < 4.78 is 0. The van der Waals surface area contributed by atoms with Gasteiger partial charge in [0.1, 0.15) is 11.8 Å².